The predicted octanol–water partition coefficient (Wildman–Crippen LogP) is 3.51. The van der Waals surface area contributed by atoms with Gasteiger partial charge in [-0.25, -0.2) is 4.98 Å². The number of fused-ring (bicyclic) bond motifs is 1. The number of anilines is 1. The maximum atomic E-state index is 5.82. The zero-order valence-corrected chi connectivity index (χ0v) is 11.2. The Morgan fingerprint density at radius 1 is 1.39 bits per heavy atom. The summed E-state index contributed by atoms with van der Waals surface area (Å²) in [5.41, 5.74) is 9.42. The number of hydrogen-bond donors (Lipinski definition) is 1. The molecule has 1 aromatic heterocycles. The zero-order chi connectivity index (χ0) is 12.8. The van der Waals surface area contributed by atoms with Crippen LogP contribution < -0.4 is 5.73 Å². The summed E-state index contributed by atoms with van der Waals surface area (Å²) < 4.78 is 2.37. The molecule has 1 heterocycles. The fraction of sp³-hybridized carbons (Fsp3) is 0.533. The van der Waals surface area contributed by atoms with E-state index in [2.05, 4.69) is 29.5 Å². The van der Waals surface area contributed by atoms with Crippen molar-refractivity contribution < 1.29 is 0 Å². The number of rotatable bonds is 4. The highest BCUT2D eigenvalue weighted by Crippen LogP contribution is 2.51. The summed E-state index contributed by atoms with van der Waals surface area (Å²) in [6.07, 6.45) is 5.35. The minimum Gasteiger partial charge on any atom is -0.399 e. The Bertz CT molecular complexity index is 579. The Balaban J connectivity index is 1.99. The highest BCUT2D eigenvalue weighted by molar-refractivity contribution is 5.79. The second-order valence-corrected chi connectivity index (χ2v) is 5.74. The number of nitrogens with two attached hydrogens (primary N) is 1. The van der Waals surface area contributed by atoms with E-state index in [4.69, 9.17) is 5.73 Å². The van der Waals surface area contributed by atoms with Gasteiger partial charge in [-0.15, -0.1) is 0 Å². The molecule has 0 aliphatic heterocycles. The van der Waals surface area contributed by atoms with E-state index in [1.54, 1.807) is 0 Å². The third-order valence-corrected chi connectivity index (χ3v) is 4.19. The van der Waals surface area contributed by atoms with Crippen LogP contribution in [0.5, 0.6) is 0 Å². The summed E-state index contributed by atoms with van der Waals surface area (Å²) in [6, 6.07) is 6.05. The number of imidazole rings is 1. The van der Waals surface area contributed by atoms with Crippen LogP contribution in [0.15, 0.2) is 18.2 Å². The van der Waals surface area contributed by atoms with Crippen molar-refractivity contribution in [1.29, 1.82) is 0 Å². The highest BCUT2D eigenvalue weighted by atomic mass is 15.1. The molecule has 1 aliphatic rings. The molecule has 1 saturated carbocycles. The average Bonchev–Trinajstić information content (AvgIpc) is 3.00. The molecule has 3 rings (SSSR count). The molecule has 0 amide bonds. The van der Waals surface area contributed by atoms with Gasteiger partial charge in [0, 0.05) is 12.2 Å². The van der Waals surface area contributed by atoms with Gasteiger partial charge >= 0.3 is 0 Å². The molecule has 96 valence electrons. The molecule has 1 fully saturated rings. The fourth-order valence-electron chi connectivity index (χ4n) is 3.00. The van der Waals surface area contributed by atoms with Crippen molar-refractivity contribution in [2.24, 2.45) is 5.41 Å². The number of hydrogen-bond acceptors (Lipinski definition) is 2. The van der Waals surface area contributed by atoms with Crippen molar-refractivity contribution in [3.63, 3.8) is 0 Å². The molecule has 18 heavy (non-hydrogen) atoms. The Labute approximate surface area is 108 Å². The van der Waals surface area contributed by atoms with Crippen LogP contribution >= 0.6 is 0 Å². The molecule has 3 heteroatoms. The van der Waals surface area contributed by atoms with Crippen LogP contribution in [0, 0.1) is 12.3 Å². The van der Waals surface area contributed by atoms with E-state index in [-0.39, 0.29) is 0 Å². The Hall–Kier alpha value is -1.51. The van der Waals surface area contributed by atoms with E-state index in [0.717, 1.165) is 23.6 Å². The average molecular weight is 243 g/mol. The van der Waals surface area contributed by atoms with Gasteiger partial charge in [0.15, 0.2) is 0 Å². The third-order valence-electron chi connectivity index (χ3n) is 4.19. The van der Waals surface area contributed by atoms with Crippen molar-refractivity contribution in [2.45, 2.75) is 46.1 Å². The second-order valence-electron chi connectivity index (χ2n) is 5.74. The molecule has 0 bridgehead atoms. The topological polar surface area (TPSA) is 43.8 Å². The molecule has 0 saturated heterocycles. The monoisotopic (exact) mass is 243 g/mol. The van der Waals surface area contributed by atoms with Gasteiger partial charge in [0.05, 0.1) is 11.0 Å². The summed E-state index contributed by atoms with van der Waals surface area (Å²) in [4.78, 5) is 4.63. The van der Waals surface area contributed by atoms with Gasteiger partial charge in [-0.3, -0.25) is 0 Å². The SMILES string of the molecule is CCCC1(Cn2c(C)nc3cc(N)ccc32)CC1. The van der Waals surface area contributed by atoms with Crippen LogP contribution in [-0.4, -0.2) is 9.55 Å². The van der Waals surface area contributed by atoms with E-state index in [9.17, 15) is 0 Å². The smallest absolute Gasteiger partial charge is 0.106 e. The molecule has 2 aromatic rings. The Morgan fingerprint density at radius 3 is 2.83 bits per heavy atom. The Kier molecular flexibility index (Phi) is 2.58. The van der Waals surface area contributed by atoms with E-state index >= 15 is 0 Å². The van der Waals surface area contributed by atoms with Crippen LogP contribution in [0.3, 0.4) is 0 Å². The fourth-order valence-corrected chi connectivity index (χ4v) is 3.00. The van der Waals surface area contributed by atoms with Crippen molar-refractivity contribution in [1.82, 2.24) is 9.55 Å². The van der Waals surface area contributed by atoms with Gasteiger partial charge in [0.25, 0.3) is 0 Å². The molecule has 1 aliphatic carbocycles. The minimum absolute atomic E-state index is 0.550. The molecular weight excluding hydrogens is 222 g/mol. The lowest BCUT2D eigenvalue weighted by molar-refractivity contribution is 0.389. The summed E-state index contributed by atoms with van der Waals surface area (Å²) in [5, 5.41) is 0. The first kappa shape index (κ1) is 11.6. The van der Waals surface area contributed by atoms with Crippen LogP contribution in [0.25, 0.3) is 11.0 Å². The number of benzene rings is 1. The van der Waals surface area contributed by atoms with Crippen LogP contribution in [0.1, 0.15) is 38.4 Å². The third kappa shape index (κ3) is 1.88. The first-order chi connectivity index (χ1) is 8.63. The number of aromatic nitrogens is 2. The summed E-state index contributed by atoms with van der Waals surface area (Å²) in [5.74, 6) is 1.11. The van der Waals surface area contributed by atoms with E-state index in [0.29, 0.717) is 5.41 Å². The molecule has 3 nitrogen and oxygen atoms in total. The molecule has 1 aromatic carbocycles. The largest absolute Gasteiger partial charge is 0.399 e. The van der Waals surface area contributed by atoms with Crippen molar-refractivity contribution in [3.05, 3.63) is 24.0 Å². The molecule has 0 unspecified atom stereocenters. The summed E-state index contributed by atoms with van der Waals surface area (Å²) in [7, 11) is 0. The lowest BCUT2D eigenvalue weighted by Gasteiger charge is -2.16. The minimum atomic E-state index is 0.550. The van der Waals surface area contributed by atoms with Crippen molar-refractivity contribution in [2.75, 3.05) is 5.73 Å². The van der Waals surface area contributed by atoms with Crippen LogP contribution in [-0.2, 0) is 6.54 Å². The predicted molar refractivity (Wildman–Crippen MR) is 75.5 cm³/mol. The van der Waals surface area contributed by atoms with E-state index in [1.165, 1.54) is 31.2 Å². The van der Waals surface area contributed by atoms with Gasteiger partial charge in [0.2, 0.25) is 0 Å². The van der Waals surface area contributed by atoms with Crippen molar-refractivity contribution >= 4 is 16.7 Å². The van der Waals surface area contributed by atoms with Gasteiger partial charge in [-0.05, 0) is 49.8 Å². The summed E-state index contributed by atoms with van der Waals surface area (Å²) >= 11 is 0. The maximum absolute atomic E-state index is 5.82. The van der Waals surface area contributed by atoms with Crippen LogP contribution in [0.2, 0.25) is 0 Å². The second kappa shape index (κ2) is 4.01. The molecule has 2 N–H and O–H groups in total. The standard InChI is InChI=1S/C15H21N3/c1-3-6-15(7-8-15)10-18-11(2)17-13-9-12(16)4-5-14(13)18/h4-5,9H,3,6-8,10,16H2,1-2H3. The summed E-state index contributed by atoms with van der Waals surface area (Å²) in [6.45, 7) is 5.49. The normalized spacial score (nSPS) is 17.2. The molecule has 0 spiro atoms. The van der Waals surface area contributed by atoms with Gasteiger partial charge in [-0.2, -0.15) is 0 Å². The Morgan fingerprint density at radius 2 is 2.17 bits per heavy atom. The zero-order valence-electron chi connectivity index (χ0n) is 11.2. The van der Waals surface area contributed by atoms with Gasteiger partial charge in [0.1, 0.15) is 5.82 Å². The van der Waals surface area contributed by atoms with Gasteiger partial charge in [-0.1, -0.05) is 13.3 Å². The quantitative estimate of drug-likeness (QED) is 0.835. The molecular formula is C15H21N3. The van der Waals surface area contributed by atoms with E-state index < -0.39 is 0 Å². The first-order valence-corrected chi connectivity index (χ1v) is 6.86. The number of nitrogen functional groups attached to an aromatic ring is 1. The van der Waals surface area contributed by atoms with E-state index in [1.807, 2.05) is 12.1 Å². The lowest BCUT2D eigenvalue weighted by atomic mass is 10.0. The molecule has 0 atom stereocenters. The number of nitrogens with zero attached hydrogens (tertiary/aromatic N) is 2. The lowest BCUT2D eigenvalue weighted by Crippen LogP contribution is -2.12. The number of aryl methyl sites for hydroxylation is 1. The highest BCUT2D eigenvalue weighted by Gasteiger charge is 2.42. The van der Waals surface area contributed by atoms with Gasteiger partial charge < -0.3 is 10.3 Å². The molecule has 0 radical (unpaired) electrons. The first-order valence-electron chi connectivity index (χ1n) is 6.86. The van der Waals surface area contributed by atoms with Crippen LogP contribution in [0.4, 0.5) is 5.69 Å². The van der Waals surface area contributed by atoms with Crippen molar-refractivity contribution in [3.8, 4) is 0 Å². The maximum Gasteiger partial charge on any atom is 0.106 e.